The van der Waals surface area contributed by atoms with Crippen LogP contribution >= 0.6 is 11.8 Å². The van der Waals surface area contributed by atoms with Gasteiger partial charge < -0.3 is 14.8 Å². The first-order valence-electron chi connectivity index (χ1n) is 11.3. The highest BCUT2D eigenvalue weighted by Crippen LogP contribution is 2.28. The van der Waals surface area contributed by atoms with Gasteiger partial charge in [0.25, 0.3) is 0 Å². The summed E-state index contributed by atoms with van der Waals surface area (Å²) < 4.78 is 13.7. The highest BCUT2D eigenvalue weighted by molar-refractivity contribution is 8.00. The number of carbonyl (C=O) groups is 1. The smallest absolute Gasteiger partial charge is 0.233 e. The van der Waals surface area contributed by atoms with Crippen LogP contribution in [0.1, 0.15) is 36.7 Å². The molecule has 1 aromatic heterocycles. The van der Waals surface area contributed by atoms with E-state index in [2.05, 4.69) is 15.5 Å². The Morgan fingerprint density at radius 2 is 1.94 bits per heavy atom. The Bertz CT molecular complexity index is 1060. The fourth-order valence-corrected chi connectivity index (χ4v) is 4.76. The van der Waals surface area contributed by atoms with Crippen LogP contribution in [0.15, 0.2) is 53.7 Å². The third-order valence-electron chi connectivity index (χ3n) is 5.65. The molecule has 2 aromatic carbocycles. The van der Waals surface area contributed by atoms with Gasteiger partial charge in [-0.05, 0) is 56.9 Å². The van der Waals surface area contributed by atoms with Crippen molar-refractivity contribution in [3.05, 3.63) is 65.5 Å². The number of hydrogen-bond donors (Lipinski definition) is 1. The van der Waals surface area contributed by atoms with Crippen molar-refractivity contribution in [1.82, 2.24) is 20.1 Å². The van der Waals surface area contributed by atoms with Crippen LogP contribution in [0.2, 0.25) is 0 Å². The first kappa shape index (κ1) is 23.3. The predicted octanol–water partition coefficient (Wildman–Crippen LogP) is 4.24. The molecule has 2 heterocycles. The molecule has 0 spiro atoms. The number of nitrogens with zero attached hydrogens (tertiary/aromatic N) is 3. The molecule has 7 nitrogen and oxygen atoms in total. The summed E-state index contributed by atoms with van der Waals surface area (Å²) in [5.41, 5.74) is 3.08. The Balaban J connectivity index is 1.50. The monoisotopic (exact) mass is 466 g/mol. The van der Waals surface area contributed by atoms with E-state index in [0.29, 0.717) is 17.5 Å². The van der Waals surface area contributed by atoms with E-state index < -0.39 is 0 Å². The highest BCUT2D eigenvalue weighted by Gasteiger charge is 2.23. The maximum Gasteiger partial charge on any atom is 0.233 e. The molecule has 33 heavy (non-hydrogen) atoms. The molecule has 1 aliphatic heterocycles. The fourth-order valence-electron chi connectivity index (χ4n) is 3.85. The van der Waals surface area contributed by atoms with Gasteiger partial charge in [0.15, 0.2) is 11.0 Å². The Hall–Kier alpha value is -2.84. The van der Waals surface area contributed by atoms with E-state index in [1.54, 1.807) is 0 Å². The molecular formula is C25H30N4O3S. The first-order chi connectivity index (χ1) is 16.0. The molecule has 0 bridgehead atoms. The highest BCUT2D eigenvalue weighted by atomic mass is 32.2. The van der Waals surface area contributed by atoms with Gasteiger partial charge in [-0.25, -0.2) is 0 Å². The van der Waals surface area contributed by atoms with Gasteiger partial charge in [-0.15, -0.1) is 10.2 Å². The van der Waals surface area contributed by atoms with E-state index in [9.17, 15) is 4.79 Å². The molecule has 0 radical (unpaired) electrons. The summed E-state index contributed by atoms with van der Waals surface area (Å²) in [7, 11) is 0. The number of ether oxygens (including phenoxy) is 2. The van der Waals surface area contributed by atoms with Crippen LogP contribution in [-0.2, 0) is 16.1 Å². The van der Waals surface area contributed by atoms with Gasteiger partial charge in [-0.1, -0.05) is 48.2 Å². The van der Waals surface area contributed by atoms with Crippen LogP contribution in [0.5, 0.6) is 5.75 Å². The number of carbonyl (C=O) groups excluding carboxylic acids is 1. The van der Waals surface area contributed by atoms with E-state index >= 15 is 0 Å². The van der Waals surface area contributed by atoms with Crippen molar-refractivity contribution in [2.45, 2.75) is 56.7 Å². The molecule has 1 amide bonds. The summed E-state index contributed by atoms with van der Waals surface area (Å²) in [5, 5.41) is 12.1. The second-order valence-corrected chi connectivity index (χ2v) is 9.53. The minimum Gasteiger partial charge on any atom is -0.485 e. The number of rotatable bonds is 9. The van der Waals surface area contributed by atoms with Gasteiger partial charge in [-0.2, -0.15) is 0 Å². The van der Waals surface area contributed by atoms with Crippen molar-refractivity contribution >= 4 is 17.7 Å². The average molecular weight is 467 g/mol. The predicted molar refractivity (Wildman–Crippen MR) is 129 cm³/mol. The van der Waals surface area contributed by atoms with Crippen molar-refractivity contribution in [3.8, 4) is 11.4 Å². The molecule has 0 aliphatic carbocycles. The third-order valence-corrected chi connectivity index (χ3v) is 6.69. The Kier molecular flexibility index (Phi) is 7.67. The number of nitrogens with one attached hydrogen (secondary N) is 1. The standard InChI is InChI=1S/C25H30N4O3S/c1-17-9-7-10-18(2)23(17)32-16-22-27-28-25(29(22)20-11-5-4-6-12-20)33-19(3)24(30)26-15-21-13-8-14-31-21/h4-7,9-12,19,21H,8,13-16H2,1-3H3,(H,26,30)/t19-,21-/m1/s1. The normalized spacial score (nSPS) is 16.5. The summed E-state index contributed by atoms with van der Waals surface area (Å²) in [4.78, 5) is 12.7. The third kappa shape index (κ3) is 5.75. The zero-order valence-corrected chi connectivity index (χ0v) is 20.1. The minimum absolute atomic E-state index is 0.0357. The lowest BCUT2D eigenvalue weighted by atomic mass is 10.1. The van der Waals surface area contributed by atoms with Crippen molar-refractivity contribution in [2.75, 3.05) is 13.2 Å². The fraction of sp³-hybridized carbons (Fsp3) is 0.400. The zero-order valence-electron chi connectivity index (χ0n) is 19.3. The lowest BCUT2D eigenvalue weighted by Gasteiger charge is -2.16. The summed E-state index contributed by atoms with van der Waals surface area (Å²) in [5.74, 6) is 1.50. The van der Waals surface area contributed by atoms with Crippen LogP contribution in [0.3, 0.4) is 0 Å². The van der Waals surface area contributed by atoms with Gasteiger partial charge >= 0.3 is 0 Å². The van der Waals surface area contributed by atoms with Crippen LogP contribution in [0.4, 0.5) is 0 Å². The van der Waals surface area contributed by atoms with Gasteiger partial charge in [0.05, 0.1) is 11.4 Å². The molecule has 174 valence electrons. The maximum absolute atomic E-state index is 12.7. The van der Waals surface area contributed by atoms with E-state index in [1.165, 1.54) is 11.8 Å². The van der Waals surface area contributed by atoms with E-state index in [0.717, 1.165) is 42.0 Å². The second-order valence-electron chi connectivity index (χ2n) is 8.22. The minimum atomic E-state index is -0.328. The van der Waals surface area contributed by atoms with Crippen LogP contribution in [0.25, 0.3) is 5.69 Å². The Morgan fingerprint density at radius 1 is 1.18 bits per heavy atom. The first-order valence-corrected chi connectivity index (χ1v) is 12.2. The number of aryl methyl sites for hydroxylation is 2. The second kappa shape index (κ2) is 10.9. The number of hydrogen-bond acceptors (Lipinski definition) is 6. The van der Waals surface area contributed by atoms with Crippen LogP contribution in [0, 0.1) is 13.8 Å². The summed E-state index contributed by atoms with van der Waals surface area (Å²) in [6, 6.07) is 16.0. The number of aromatic nitrogens is 3. The number of amides is 1. The molecule has 8 heteroatoms. The van der Waals surface area contributed by atoms with E-state index in [4.69, 9.17) is 9.47 Å². The number of para-hydroxylation sites is 2. The largest absolute Gasteiger partial charge is 0.485 e. The molecule has 1 N–H and O–H groups in total. The molecule has 1 saturated heterocycles. The molecule has 1 fully saturated rings. The van der Waals surface area contributed by atoms with Crippen molar-refractivity contribution in [3.63, 3.8) is 0 Å². The molecule has 0 unspecified atom stereocenters. The number of benzene rings is 2. The Morgan fingerprint density at radius 3 is 2.64 bits per heavy atom. The Labute approximate surface area is 198 Å². The van der Waals surface area contributed by atoms with Crippen molar-refractivity contribution in [1.29, 1.82) is 0 Å². The van der Waals surface area contributed by atoms with E-state index in [-0.39, 0.29) is 23.9 Å². The van der Waals surface area contributed by atoms with Gasteiger partial charge in [0, 0.05) is 18.8 Å². The van der Waals surface area contributed by atoms with Crippen LogP contribution in [-0.4, -0.2) is 45.2 Å². The van der Waals surface area contributed by atoms with E-state index in [1.807, 2.05) is 73.9 Å². The molecular weight excluding hydrogens is 436 g/mol. The van der Waals surface area contributed by atoms with Crippen molar-refractivity contribution in [2.24, 2.45) is 0 Å². The molecule has 1 aliphatic rings. The lowest BCUT2D eigenvalue weighted by molar-refractivity contribution is -0.120. The maximum atomic E-state index is 12.7. The van der Waals surface area contributed by atoms with Crippen molar-refractivity contribution < 1.29 is 14.3 Å². The SMILES string of the molecule is Cc1cccc(C)c1OCc1nnc(S[C@H](C)C(=O)NC[C@H]2CCCO2)n1-c1ccccc1. The number of thioether (sulfide) groups is 1. The van der Waals surface area contributed by atoms with Gasteiger partial charge in [-0.3, -0.25) is 9.36 Å². The summed E-state index contributed by atoms with van der Waals surface area (Å²) in [6.45, 7) is 7.53. The molecule has 2 atom stereocenters. The van der Waals surface area contributed by atoms with Gasteiger partial charge in [0.1, 0.15) is 12.4 Å². The van der Waals surface area contributed by atoms with Crippen LogP contribution < -0.4 is 10.1 Å². The lowest BCUT2D eigenvalue weighted by Crippen LogP contribution is -2.36. The summed E-state index contributed by atoms with van der Waals surface area (Å²) in [6.07, 6.45) is 2.17. The summed E-state index contributed by atoms with van der Waals surface area (Å²) >= 11 is 1.39. The zero-order chi connectivity index (χ0) is 23.2. The molecule has 3 aromatic rings. The topological polar surface area (TPSA) is 78.3 Å². The molecule has 4 rings (SSSR count). The molecule has 0 saturated carbocycles. The van der Waals surface area contributed by atoms with Gasteiger partial charge in [0.2, 0.25) is 5.91 Å². The average Bonchev–Trinajstić information content (AvgIpc) is 3.48. The quantitative estimate of drug-likeness (QED) is 0.475.